The van der Waals surface area contributed by atoms with Crippen LogP contribution in [0, 0.1) is 5.41 Å². The first-order chi connectivity index (χ1) is 8.72. The van der Waals surface area contributed by atoms with Gasteiger partial charge < -0.3 is 10.8 Å². The summed E-state index contributed by atoms with van der Waals surface area (Å²) in [5, 5.41) is 17.1. The number of aliphatic hydroxyl groups excluding tert-OH is 1. The Balaban J connectivity index is 2.10. The molecule has 0 saturated carbocycles. The van der Waals surface area contributed by atoms with Crippen LogP contribution < -0.4 is 5.73 Å². The third-order valence-electron chi connectivity index (χ3n) is 3.70. The summed E-state index contributed by atoms with van der Waals surface area (Å²) >= 11 is 0. The number of likely N-dealkylation sites (tertiary alicyclic amines) is 1. The third-order valence-corrected chi connectivity index (χ3v) is 3.70. The van der Waals surface area contributed by atoms with Crippen molar-refractivity contribution in [2.24, 2.45) is 5.73 Å². The highest BCUT2D eigenvalue weighted by Gasteiger charge is 2.27. The molecule has 0 spiro atoms. The van der Waals surface area contributed by atoms with E-state index >= 15 is 0 Å². The molecular formula is C14H21N3O. The minimum absolute atomic E-state index is 0.0710. The number of aliphatic hydroxyl groups is 1. The lowest BCUT2D eigenvalue weighted by atomic mass is 9.97. The van der Waals surface area contributed by atoms with Crippen molar-refractivity contribution in [2.75, 3.05) is 19.7 Å². The van der Waals surface area contributed by atoms with Crippen LogP contribution in [-0.2, 0) is 0 Å². The summed E-state index contributed by atoms with van der Waals surface area (Å²) in [6, 6.07) is 10.2. The van der Waals surface area contributed by atoms with E-state index in [2.05, 4.69) is 4.90 Å². The van der Waals surface area contributed by atoms with Crippen LogP contribution in [-0.4, -0.2) is 41.6 Å². The number of nitrogens with one attached hydrogen (secondary N) is 1. The lowest BCUT2D eigenvalue weighted by Crippen LogP contribution is -2.39. The van der Waals surface area contributed by atoms with E-state index in [0.29, 0.717) is 0 Å². The van der Waals surface area contributed by atoms with Gasteiger partial charge in [-0.2, -0.15) is 0 Å². The number of amidine groups is 1. The van der Waals surface area contributed by atoms with E-state index in [1.165, 1.54) is 0 Å². The topological polar surface area (TPSA) is 73.3 Å². The Morgan fingerprint density at radius 2 is 2.17 bits per heavy atom. The number of nitrogens with two attached hydrogens (primary N) is 1. The molecule has 2 rings (SSSR count). The summed E-state index contributed by atoms with van der Waals surface area (Å²) in [5.74, 6) is 0.128. The summed E-state index contributed by atoms with van der Waals surface area (Å²) < 4.78 is 0. The van der Waals surface area contributed by atoms with E-state index in [-0.39, 0.29) is 24.4 Å². The normalized spacial score (nSPS) is 21.9. The first-order valence-corrected chi connectivity index (χ1v) is 6.46. The van der Waals surface area contributed by atoms with Crippen LogP contribution in [0.25, 0.3) is 0 Å². The highest BCUT2D eigenvalue weighted by atomic mass is 16.3. The van der Waals surface area contributed by atoms with E-state index in [0.717, 1.165) is 31.5 Å². The number of rotatable bonds is 5. The van der Waals surface area contributed by atoms with Crippen LogP contribution in [0.5, 0.6) is 0 Å². The molecule has 2 unspecified atom stereocenters. The van der Waals surface area contributed by atoms with Crippen molar-refractivity contribution in [3.63, 3.8) is 0 Å². The van der Waals surface area contributed by atoms with Gasteiger partial charge >= 0.3 is 0 Å². The van der Waals surface area contributed by atoms with Gasteiger partial charge in [-0.05, 0) is 24.9 Å². The molecule has 4 N–H and O–H groups in total. The summed E-state index contributed by atoms with van der Waals surface area (Å²) in [4.78, 5) is 2.25. The molecule has 4 nitrogen and oxygen atoms in total. The van der Waals surface area contributed by atoms with Crippen LogP contribution in [0.2, 0.25) is 0 Å². The molecule has 2 atom stereocenters. The van der Waals surface area contributed by atoms with Crippen molar-refractivity contribution >= 4 is 5.84 Å². The highest BCUT2D eigenvalue weighted by molar-refractivity contribution is 5.84. The van der Waals surface area contributed by atoms with Crippen LogP contribution >= 0.6 is 0 Å². The fraction of sp³-hybridized carbons (Fsp3) is 0.500. The lowest BCUT2D eigenvalue weighted by molar-refractivity contribution is 0.157. The van der Waals surface area contributed by atoms with Gasteiger partial charge in [-0.25, -0.2) is 0 Å². The largest absolute Gasteiger partial charge is 0.395 e. The van der Waals surface area contributed by atoms with Gasteiger partial charge in [0.05, 0.1) is 18.4 Å². The number of hydrogen-bond donors (Lipinski definition) is 3. The van der Waals surface area contributed by atoms with Gasteiger partial charge in [0.2, 0.25) is 0 Å². The van der Waals surface area contributed by atoms with Gasteiger partial charge in [-0.1, -0.05) is 30.3 Å². The molecule has 0 aromatic heterocycles. The number of benzene rings is 1. The molecule has 1 aliphatic heterocycles. The Hall–Kier alpha value is -1.39. The third kappa shape index (κ3) is 2.89. The minimum atomic E-state index is -0.0710. The maximum Gasteiger partial charge on any atom is 0.0995 e. The smallest absolute Gasteiger partial charge is 0.0995 e. The van der Waals surface area contributed by atoms with E-state index in [9.17, 15) is 5.11 Å². The predicted octanol–water partition coefficient (Wildman–Crippen LogP) is 1.16. The molecule has 1 fully saturated rings. The molecule has 0 aliphatic carbocycles. The van der Waals surface area contributed by atoms with Crippen LogP contribution in [0.3, 0.4) is 0 Å². The molecule has 1 heterocycles. The van der Waals surface area contributed by atoms with E-state index in [1.807, 2.05) is 30.3 Å². The summed E-state index contributed by atoms with van der Waals surface area (Å²) in [7, 11) is 0. The summed E-state index contributed by atoms with van der Waals surface area (Å²) in [6.45, 7) is 1.91. The Morgan fingerprint density at radius 3 is 2.78 bits per heavy atom. The standard InChI is InChI=1S/C14H21N3O/c15-14(16)13(11-5-2-1-3-6-11)9-17-8-4-7-12(17)10-18/h1-3,5-6,12-13,18H,4,7-10H2,(H3,15,16). The zero-order chi connectivity index (χ0) is 13.0. The Labute approximate surface area is 108 Å². The molecule has 1 aromatic carbocycles. The van der Waals surface area contributed by atoms with Crippen molar-refractivity contribution in [1.82, 2.24) is 4.90 Å². The Bertz CT molecular complexity index is 393. The van der Waals surface area contributed by atoms with Crippen molar-refractivity contribution in [3.05, 3.63) is 35.9 Å². The molecule has 1 saturated heterocycles. The molecule has 0 amide bonds. The Kier molecular flexibility index (Phi) is 4.33. The van der Waals surface area contributed by atoms with Crippen LogP contribution in [0.4, 0.5) is 0 Å². The summed E-state index contributed by atoms with van der Waals surface area (Å²) in [6.07, 6.45) is 2.15. The van der Waals surface area contributed by atoms with E-state index in [1.54, 1.807) is 0 Å². The highest BCUT2D eigenvalue weighted by Crippen LogP contribution is 2.23. The minimum Gasteiger partial charge on any atom is -0.395 e. The first-order valence-electron chi connectivity index (χ1n) is 6.46. The fourth-order valence-electron chi connectivity index (χ4n) is 2.65. The van der Waals surface area contributed by atoms with Crippen molar-refractivity contribution < 1.29 is 5.11 Å². The molecule has 18 heavy (non-hydrogen) atoms. The second kappa shape index (κ2) is 5.98. The fourth-order valence-corrected chi connectivity index (χ4v) is 2.65. The zero-order valence-corrected chi connectivity index (χ0v) is 10.5. The quantitative estimate of drug-likeness (QED) is 0.540. The Morgan fingerprint density at radius 1 is 1.44 bits per heavy atom. The SMILES string of the molecule is N=C(N)C(CN1CCCC1CO)c1ccccc1. The molecule has 0 radical (unpaired) electrons. The molecule has 98 valence electrons. The second-order valence-corrected chi connectivity index (χ2v) is 4.89. The molecule has 1 aromatic rings. The average Bonchev–Trinajstić information content (AvgIpc) is 2.83. The zero-order valence-electron chi connectivity index (χ0n) is 10.5. The van der Waals surface area contributed by atoms with Gasteiger partial charge in [-0.15, -0.1) is 0 Å². The monoisotopic (exact) mass is 247 g/mol. The van der Waals surface area contributed by atoms with Crippen molar-refractivity contribution in [2.45, 2.75) is 24.8 Å². The first kappa shape index (κ1) is 13.1. The molecule has 1 aliphatic rings. The van der Waals surface area contributed by atoms with Crippen LogP contribution in [0.15, 0.2) is 30.3 Å². The molecular weight excluding hydrogens is 226 g/mol. The maximum atomic E-state index is 9.33. The second-order valence-electron chi connectivity index (χ2n) is 4.89. The van der Waals surface area contributed by atoms with Crippen LogP contribution in [0.1, 0.15) is 24.3 Å². The summed E-state index contributed by atoms with van der Waals surface area (Å²) in [5.41, 5.74) is 6.81. The van der Waals surface area contributed by atoms with Gasteiger partial charge in [-0.3, -0.25) is 10.3 Å². The number of nitrogens with zero attached hydrogens (tertiary/aromatic N) is 1. The van der Waals surface area contributed by atoms with Crippen molar-refractivity contribution in [1.29, 1.82) is 5.41 Å². The molecule has 4 heteroatoms. The van der Waals surface area contributed by atoms with E-state index in [4.69, 9.17) is 11.1 Å². The van der Waals surface area contributed by atoms with Gasteiger partial charge in [0.1, 0.15) is 0 Å². The maximum absolute atomic E-state index is 9.33. The predicted molar refractivity (Wildman–Crippen MR) is 72.8 cm³/mol. The van der Waals surface area contributed by atoms with Gasteiger partial charge in [0, 0.05) is 12.6 Å². The average molecular weight is 247 g/mol. The van der Waals surface area contributed by atoms with Gasteiger partial charge in [0.25, 0.3) is 0 Å². The van der Waals surface area contributed by atoms with Gasteiger partial charge in [0.15, 0.2) is 0 Å². The number of hydrogen-bond acceptors (Lipinski definition) is 3. The van der Waals surface area contributed by atoms with E-state index < -0.39 is 0 Å². The van der Waals surface area contributed by atoms with Crippen molar-refractivity contribution in [3.8, 4) is 0 Å². The lowest BCUT2D eigenvalue weighted by Gasteiger charge is -2.27. The molecule has 0 bridgehead atoms.